The van der Waals surface area contributed by atoms with Gasteiger partial charge in [-0.15, -0.1) is 0 Å². The molecule has 26 heavy (non-hydrogen) atoms. The summed E-state index contributed by atoms with van der Waals surface area (Å²) in [4.78, 5) is 12.1. The Morgan fingerprint density at radius 1 is 1.04 bits per heavy atom. The number of carbonyl (C=O) groups is 1. The second-order valence-corrected chi connectivity index (χ2v) is 15.2. The van der Waals surface area contributed by atoms with Gasteiger partial charge in [0, 0.05) is 12.7 Å². The van der Waals surface area contributed by atoms with Gasteiger partial charge in [-0.2, -0.15) is 0 Å². The topological polar surface area (TPSA) is 56.8 Å². The summed E-state index contributed by atoms with van der Waals surface area (Å²) in [6.45, 7) is 16.7. The molecule has 0 amide bonds. The molecule has 0 saturated carbocycles. The van der Waals surface area contributed by atoms with Crippen LogP contribution in [0, 0.1) is 0 Å². The van der Waals surface area contributed by atoms with E-state index in [1.807, 2.05) is 6.92 Å². The Morgan fingerprint density at radius 2 is 1.65 bits per heavy atom. The molecule has 156 valence electrons. The molecule has 0 saturated heterocycles. The number of nitrogens with one attached hydrogen (secondary N) is 1. The van der Waals surface area contributed by atoms with Crippen LogP contribution in [0.3, 0.4) is 0 Å². The maximum atomic E-state index is 12.1. The van der Waals surface area contributed by atoms with Crippen LogP contribution in [0.2, 0.25) is 30.7 Å². The lowest BCUT2D eigenvalue weighted by Crippen LogP contribution is -2.42. The third kappa shape index (κ3) is 10.2. The average molecular weight is 406 g/mol. The zero-order valence-electron chi connectivity index (χ0n) is 18.3. The van der Waals surface area contributed by atoms with Crippen molar-refractivity contribution in [3.05, 3.63) is 0 Å². The van der Waals surface area contributed by atoms with E-state index in [4.69, 9.17) is 13.3 Å². The highest BCUT2D eigenvalue weighted by Gasteiger charge is 2.33. The first-order valence-corrected chi connectivity index (χ1v) is 15.6. The first kappa shape index (κ1) is 25.8. The third-order valence-electron chi connectivity index (χ3n) is 5.24. The van der Waals surface area contributed by atoms with Crippen molar-refractivity contribution in [1.29, 1.82) is 0 Å². The maximum Gasteiger partial charge on any atom is 0.335 e. The van der Waals surface area contributed by atoms with Crippen molar-refractivity contribution in [2.75, 3.05) is 19.7 Å². The van der Waals surface area contributed by atoms with Crippen LogP contribution in [0.1, 0.15) is 60.8 Å². The SMILES string of the molecule is CCO[Si](C)(CCCCNCC(=O)O[Si](CC)(CC)CC)OC(C)CC. The van der Waals surface area contributed by atoms with Gasteiger partial charge >= 0.3 is 14.5 Å². The summed E-state index contributed by atoms with van der Waals surface area (Å²) < 4.78 is 18.0. The molecule has 0 radical (unpaired) electrons. The van der Waals surface area contributed by atoms with Crippen LogP contribution in [0.5, 0.6) is 0 Å². The van der Waals surface area contributed by atoms with Gasteiger partial charge in [0.2, 0.25) is 0 Å². The second kappa shape index (κ2) is 13.9. The van der Waals surface area contributed by atoms with Gasteiger partial charge in [0.05, 0.1) is 6.54 Å². The molecular weight excluding hydrogens is 362 g/mol. The van der Waals surface area contributed by atoms with Crippen LogP contribution < -0.4 is 5.32 Å². The first-order valence-electron chi connectivity index (χ1n) is 10.5. The van der Waals surface area contributed by atoms with Crippen molar-refractivity contribution in [2.24, 2.45) is 0 Å². The fourth-order valence-corrected chi connectivity index (χ4v) is 8.45. The minimum atomic E-state index is -2.08. The van der Waals surface area contributed by atoms with Crippen LogP contribution in [0.4, 0.5) is 0 Å². The van der Waals surface area contributed by atoms with Crippen molar-refractivity contribution in [3.63, 3.8) is 0 Å². The van der Waals surface area contributed by atoms with Crippen LogP contribution in [0.15, 0.2) is 0 Å². The molecule has 0 heterocycles. The van der Waals surface area contributed by atoms with Gasteiger partial charge in [-0.1, -0.05) is 34.1 Å². The molecule has 7 heteroatoms. The van der Waals surface area contributed by atoms with Crippen LogP contribution in [-0.2, 0) is 18.1 Å². The van der Waals surface area contributed by atoms with Gasteiger partial charge in [-0.05, 0) is 64.0 Å². The largest absolute Gasteiger partial charge is 0.518 e. The van der Waals surface area contributed by atoms with Gasteiger partial charge in [-0.3, -0.25) is 4.79 Å². The predicted molar refractivity (Wildman–Crippen MR) is 114 cm³/mol. The second-order valence-electron chi connectivity index (χ2n) is 7.26. The first-order chi connectivity index (χ1) is 12.3. The number of unbranched alkanes of at least 4 members (excludes halogenated alkanes) is 1. The number of hydrogen-bond donors (Lipinski definition) is 1. The zero-order valence-corrected chi connectivity index (χ0v) is 20.3. The van der Waals surface area contributed by atoms with Gasteiger partial charge < -0.3 is 18.6 Å². The highest BCUT2D eigenvalue weighted by Crippen LogP contribution is 2.22. The summed E-state index contributed by atoms with van der Waals surface area (Å²) in [5.74, 6) is -0.0872. The van der Waals surface area contributed by atoms with Crippen molar-refractivity contribution in [1.82, 2.24) is 5.32 Å². The van der Waals surface area contributed by atoms with E-state index in [1.165, 1.54) is 0 Å². The summed E-state index contributed by atoms with van der Waals surface area (Å²) >= 11 is 0. The molecule has 0 aromatic rings. The molecule has 0 fully saturated rings. The number of carbonyl (C=O) groups excluding carboxylic acids is 1. The van der Waals surface area contributed by atoms with E-state index in [-0.39, 0.29) is 12.1 Å². The zero-order chi connectivity index (χ0) is 20.1. The fourth-order valence-electron chi connectivity index (χ4n) is 3.11. The van der Waals surface area contributed by atoms with E-state index in [2.05, 4.69) is 46.5 Å². The summed E-state index contributed by atoms with van der Waals surface area (Å²) in [7, 11) is -3.90. The Labute approximate surface area is 163 Å². The molecule has 5 nitrogen and oxygen atoms in total. The molecule has 0 aliphatic rings. The van der Waals surface area contributed by atoms with Crippen molar-refractivity contribution in [2.45, 2.75) is 97.6 Å². The van der Waals surface area contributed by atoms with Crippen LogP contribution in [0.25, 0.3) is 0 Å². The molecule has 0 spiro atoms. The van der Waals surface area contributed by atoms with E-state index in [0.717, 1.165) is 50.0 Å². The standard InChI is InChI=1S/C19H43NO4Si2/c1-8-18(6)23-25(7,22-9-2)16-14-13-15-20-17-19(21)24-26(10-3,11-4)12-5/h18,20H,8-17H2,1-7H3. The van der Waals surface area contributed by atoms with E-state index in [0.29, 0.717) is 13.2 Å². The summed E-state index contributed by atoms with van der Waals surface area (Å²) in [5, 5.41) is 3.23. The normalized spacial score (nSPS) is 15.5. The molecule has 0 aromatic heterocycles. The van der Waals surface area contributed by atoms with Gasteiger partial charge in [0.1, 0.15) is 0 Å². The Bertz CT molecular complexity index is 372. The highest BCUT2D eigenvalue weighted by atomic mass is 28.4. The monoisotopic (exact) mass is 405 g/mol. The highest BCUT2D eigenvalue weighted by molar-refractivity contribution is 6.74. The summed E-state index contributed by atoms with van der Waals surface area (Å²) in [6, 6.07) is 4.00. The molecule has 0 aliphatic carbocycles. The van der Waals surface area contributed by atoms with Crippen molar-refractivity contribution >= 4 is 22.8 Å². The smallest absolute Gasteiger partial charge is 0.335 e. The van der Waals surface area contributed by atoms with Crippen molar-refractivity contribution < 1.29 is 18.1 Å². The minimum absolute atomic E-state index is 0.0872. The molecule has 0 bridgehead atoms. The average Bonchev–Trinajstić information content (AvgIpc) is 2.62. The molecular formula is C19H43NO4Si2. The van der Waals surface area contributed by atoms with E-state index < -0.39 is 16.9 Å². The lowest BCUT2D eigenvalue weighted by Gasteiger charge is -2.29. The Kier molecular flexibility index (Phi) is 13.8. The Balaban J connectivity index is 4.09. The van der Waals surface area contributed by atoms with Crippen LogP contribution >= 0.6 is 0 Å². The Morgan fingerprint density at radius 3 is 2.15 bits per heavy atom. The lowest BCUT2D eigenvalue weighted by atomic mass is 10.3. The summed E-state index contributed by atoms with van der Waals surface area (Å²) in [6.07, 6.45) is 3.34. The molecule has 2 atom stereocenters. The number of hydrogen-bond acceptors (Lipinski definition) is 5. The molecule has 0 aromatic carbocycles. The fraction of sp³-hybridized carbons (Fsp3) is 0.947. The molecule has 2 unspecified atom stereocenters. The van der Waals surface area contributed by atoms with Gasteiger partial charge in [0.15, 0.2) is 0 Å². The minimum Gasteiger partial charge on any atom is -0.518 e. The maximum absolute atomic E-state index is 12.1. The van der Waals surface area contributed by atoms with Gasteiger partial charge in [-0.25, -0.2) is 0 Å². The molecule has 1 N–H and O–H groups in total. The van der Waals surface area contributed by atoms with E-state index in [1.54, 1.807) is 0 Å². The Hall–Kier alpha value is -0.216. The molecule has 0 rings (SSSR count). The van der Waals surface area contributed by atoms with Crippen molar-refractivity contribution in [3.8, 4) is 0 Å². The quantitative estimate of drug-likeness (QED) is 0.294. The number of rotatable bonds is 16. The summed E-state index contributed by atoms with van der Waals surface area (Å²) in [5.41, 5.74) is 0. The predicted octanol–water partition coefficient (Wildman–Crippen LogP) is 4.83. The third-order valence-corrected chi connectivity index (χ3v) is 12.8. The van der Waals surface area contributed by atoms with E-state index >= 15 is 0 Å². The molecule has 0 aliphatic heterocycles. The van der Waals surface area contributed by atoms with Crippen LogP contribution in [-0.4, -0.2) is 48.6 Å². The van der Waals surface area contributed by atoms with Gasteiger partial charge in [0.25, 0.3) is 8.32 Å². The lowest BCUT2D eigenvalue weighted by molar-refractivity contribution is -0.134. The van der Waals surface area contributed by atoms with E-state index in [9.17, 15) is 4.79 Å².